The lowest BCUT2D eigenvalue weighted by molar-refractivity contribution is -0.149. The van der Waals surface area contributed by atoms with Crippen LogP contribution in [0.3, 0.4) is 0 Å². The molecule has 0 spiro atoms. The Hall–Kier alpha value is -2.36. The zero-order chi connectivity index (χ0) is 20.0. The van der Waals surface area contributed by atoms with Gasteiger partial charge in [0.2, 0.25) is 0 Å². The van der Waals surface area contributed by atoms with E-state index in [1.54, 1.807) is 0 Å². The molecule has 0 atom stereocenters. The van der Waals surface area contributed by atoms with E-state index in [2.05, 4.69) is 0 Å². The van der Waals surface area contributed by atoms with Crippen LogP contribution in [0.4, 0.5) is 13.2 Å². The monoisotopic (exact) mass is 392 g/mol. The summed E-state index contributed by atoms with van der Waals surface area (Å²) in [5.41, 5.74) is -1.06. The Morgan fingerprint density at radius 3 is 1.65 bits per heavy atom. The van der Waals surface area contributed by atoms with Crippen molar-refractivity contribution in [3.05, 3.63) is 29.8 Å². The number of hydrogen-bond acceptors (Lipinski definition) is 6. The molecule has 0 saturated heterocycles. The second-order valence-electron chi connectivity index (χ2n) is 5.12. The van der Waals surface area contributed by atoms with Crippen molar-refractivity contribution < 1.29 is 40.8 Å². The summed E-state index contributed by atoms with van der Waals surface area (Å²) in [5.74, 6) is -2.62. The number of alkyl halides is 3. The fourth-order valence-electron chi connectivity index (χ4n) is 1.79. The molecule has 0 aliphatic carbocycles. The first-order chi connectivity index (χ1) is 12.1. The van der Waals surface area contributed by atoms with Gasteiger partial charge in [0.1, 0.15) is 0 Å². The van der Waals surface area contributed by atoms with Crippen molar-refractivity contribution in [2.75, 3.05) is 0 Å². The number of hydrogen-bond donors (Lipinski definition) is 0. The average Bonchev–Trinajstić information content (AvgIpc) is 2.60. The number of carbonyl (C=O) groups is 3. The topological polar surface area (TPSA) is 78.9 Å². The molecule has 0 aliphatic rings. The molecule has 0 fully saturated rings. The van der Waals surface area contributed by atoms with Crippen LogP contribution >= 0.6 is 0 Å². The Kier molecular flexibility index (Phi) is 7.37. The Morgan fingerprint density at radius 1 is 0.885 bits per heavy atom. The molecule has 0 saturated carbocycles. The molecule has 26 heavy (non-hydrogen) atoms. The summed E-state index contributed by atoms with van der Waals surface area (Å²) in [6.45, 7) is 4.32. The fraction of sp³-hybridized carbons (Fsp3) is 0.438. The highest BCUT2D eigenvalue weighted by Gasteiger charge is 2.56. The van der Waals surface area contributed by atoms with Gasteiger partial charge in [0.05, 0.1) is 10.8 Å². The first-order valence-corrected chi connectivity index (χ1v) is 9.63. The lowest BCUT2D eigenvalue weighted by Crippen LogP contribution is -2.60. The maximum atomic E-state index is 13.0. The van der Waals surface area contributed by atoms with Crippen LogP contribution in [-0.2, 0) is 33.8 Å². The Bertz CT molecular complexity index is 629. The van der Waals surface area contributed by atoms with E-state index in [1.165, 1.54) is 20.8 Å². The van der Waals surface area contributed by atoms with Crippen LogP contribution < -0.4 is 5.19 Å². The minimum atomic E-state index is -4.69. The maximum absolute atomic E-state index is 13.0. The lowest BCUT2D eigenvalue weighted by atomic mass is 10.2. The Morgan fingerprint density at radius 2 is 1.31 bits per heavy atom. The molecular formula is C16H19F3O6Si. The minimum absolute atomic E-state index is 0.152. The van der Waals surface area contributed by atoms with Crippen LogP contribution in [0.5, 0.6) is 0 Å². The number of halogens is 3. The molecule has 1 aromatic rings. The van der Waals surface area contributed by atoms with Gasteiger partial charge < -0.3 is 13.3 Å². The molecule has 0 aliphatic heterocycles. The van der Waals surface area contributed by atoms with Gasteiger partial charge in [-0.15, -0.1) is 0 Å². The van der Waals surface area contributed by atoms with Gasteiger partial charge in [-0.3, -0.25) is 14.4 Å². The first kappa shape index (κ1) is 21.7. The van der Waals surface area contributed by atoms with E-state index in [4.69, 9.17) is 13.3 Å². The van der Waals surface area contributed by atoms with E-state index >= 15 is 0 Å². The summed E-state index contributed by atoms with van der Waals surface area (Å²) in [6, 6.07) is 3.67. The van der Waals surface area contributed by atoms with Crippen molar-refractivity contribution in [2.45, 2.75) is 46.2 Å². The molecule has 0 N–H and O–H groups in total. The summed E-state index contributed by atoms with van der Waals surface area (Å²) >= 11 is 0. The first-order valence-electron chi connectivity index (χ1n) is 7.91. The van der Waals surface area contributed by atoms with Crippen molar-refractivity contribution in [1.82, 2.24) is 0 Å². The summed E-state index contributed by atoms with van der Waals surface area (Å²) in [6.07, 6.45) is -5.14. The van der Waals surface area contributed by atoms with Gasteiger partial charge in [0.15, 0.2) is 0 Å². The Balaban J connectivity index is 3.55. The van der Waals surface area contributed by atoms with Gasteiger partial charge in [0.25, 0.3) is 17.9 Å². The standard InChI is InChI=1S/C16H19F3O6Si/c1-4-13(20)23-26(24-14(21)5-2,25-15(22)6-3)12-9-7-8-11(10-12)16(17,18)19/h7-10H,4-6H2,1-3H3. The second kappa shape index (κ2) is 8.83. The average molecular weight is 392 g/mol. The second-order valence-corrected chi connectivity index (χ2v) is 7.42. The summed E-state index contributed by atoms with van der Waals surface area (Å²) in [5, 5.41) is -0.308. The molecule has 0 heterocycles. The molecule has 0 bridgehead atoms. The molecule has 0 amide bonds. The van der Waals surface area contributed by atoms with Gasteiger partial charge in [-0.25, -0.2) is 0 Å². The van der Waals surface area contributed by atoms with Crippen LogP contribution in [0.2, 0.25) is 0 Å². The molecule has 0 unspecified atom stereocenters. The zero-order valence-corrected chi connectivity index (χ0v) is 15.5. The van der Waals surface area contributed by atoms with Gasteiger partial charge in [-0.1, -0.05) is 39.0 Å². The van der Waals surface area contributed by atoms with Crippen LogP contribution in [0.15, 0.2) is 24.3 Å². The highest BCUT2D eigenvalue weighted by molar-refractivity contribution is 6.79. The Labute approximate surface area is 149 Å². The summed E-state index contributed by atoms with van der Waals surface area (Å²) < 4.78 is 54.5. The van der Waals surface area contributed by atoms with Crippen LogP contribution in [-0.4, -0.2) is 26.7 Å². The van der Waals surface area contributed by atoms with Crippen LogP contribution in [0, 0.1) is 0 Å². The third-order valence-corrected chi connectivity index (χ3v) is 5.66. The number of rotatable bonds is 7. The molecule has 0 aromatic heterocycles. The van der Waals surface area contributed by atoms with Gasteiger partial charge in [-0.2, -0.15) is 13.2 Å². The zero-order valence-electron chi connectivity index (χ0n) is 14.5. The predicted molar refractivity (Wildman–Crippen MR) is 86.0 cm³/mol. The molecular weight excluding hydrogens is 373 g/mol. The van der Waals surface area contributed by atoms with E-state index in [1.807, 2.05) is 0 Å². The summed E-state index contributed by atoms with van der Waals surface area (Å²) in [4.78, 5) is 35.5. The number of benzene rings is 1. The van der Waals surface area contributed by atoms with E-state index in [0.29, 0.717) is 6.07 Å². The van der Waals surface area contributed by atoms with Crippen LogP contribution in [0.1, 0.15) is 45.6 Å². The van der Waals surface area contributed by atoms with Crippen molar-refractivity contribution in [3.63, 3.8) is 0 Å². The number of carbonyl (C=O) groups excluding carboxylic acids is 3. The molecule has 144 valence electrons. The highest BCUT2D eigenvalue weighted by atomic mass is 28.4. The van der Waals surface area contributed by atoms with Crippen molar-refractivity contribution >= 4 is 31.9 Å². The van der Waals surface area contributed by atoms with Crippen molar-refractivity contribution in [3.8, 4) is 0 Å². The van der Waals surface area contributed by atoms with E-state index < -0.39 is 38.5 Å². The third-order valence-electron chi connectivity index (χ3n) is 3.15. The highest BCUT2D eigenvalue weighted by Crippen LogP contribution is 2.29. The van der Waals surface area contributed by atoms with E-state index in [0.717, 1.165) is 18.2 Å². The smallest absolute Gasteiger partial charge is 0.452 e. The molecule has 10 heteroatoms. The summed E-state index contributed by atoms with van der Waals surface area (Å²) in [7, 11) is -4.58. The molecule has 1 rings (SSSR count). The maximum Gasteiger partial charge on any atom is 0.742 e. The van der Waals surface area contributed by atoms with E-state index in [-0.39, 0.29) is 24.4 Å². The molecule has 0 radical (unpaired) electrons. The predicted octanol–water partition coefficient (Wildman–Crippen LogP) is 2.71. The molecule has 1 aromatic carbocycles. The van der Waals surface area contributed by atoms with E-state index in [9.17, 15) is 27.6 Å². The quantitative estimate of drug-likeness (QED) is 0.664. The normalized spacial score (nSPS) is 11.6. The lowest BCUT2D eigenvalue weighted by Gasteiger charge is -2.27. The third kappa shape index (κ3) is 5.58. The van der Waals surface area contributed by atoms with Gasteiger partial charge in [-0.05, 0) is 6.07 Å². The largest absolute Gasteiger partial charge is 0.742 e. The SMILES string of the molecule is CCC(=O)O[Si](OC(=O)CC)(OC(=O)CC)c1cccc(C(F)(F)F)c1. The minimum Gasteiger partial charge on any atom is -0.452 e. The molecule has 6 nitrogen and oxygen atoms in total. The van der Waals surface area contributed by atoms with Gasteiger partial charge >= 0.3 is 15.0 Å². The fourth-order valence-corrected chi connectivity index (χ4v) is 4.23. The van der Waals surface area contributed by atoms with Crippen LogP contribution in [0.25, 0.3) is 0 Å². The van der Waals surface area contributed by atoms with Gasteiger partial charge in [0, 0.05) is 19.3 Å². The van der Waals surface area contributed by atoms with Crippen molar-refractivity contribution in [1.29, 1.82) is 0 Å². The van der Waals surface area contributed by atoms with Crippen molar-refractivity contribution in [2.24, 2.45) is 0 Å².